The van der Waals surface area contributed by atoms with Crippen molar-refractivity contribution in [1.29, 1.82) is 0 Å². The summed E-state index contributed by atoms with van der Waals surface area (Å²) in [4.78, 5) is 0. The van der Waals surface area contributed by atoms with Crippen molar-refractivity contribution < 1.29 is 9.84 Å². The zero-order valence-corrected chi connectivity index (χ0v) is 12.8. The largest absolute Gasteiger partial charge is 0.504 e. The third-order valence-corrected chi connectivity index (χ3v) is 6.30. The normalized spacial score (nSPS) is 15.4. The molecule has 1 aliphatic heterocycles. The van der Waals surface area contributed by atoms with Gasteiger partial charge >= 0.3 is 0 Å². The van der Waals surface area contributed by atoms with Gasteiger partial charge in [0.05, 0.1) is 11.7 Å². The predicted molar refractivity (Wildman–Crippen MR) is 86.4 cm³/mol. The van der Waals surface area contributed by atoms with Crippen LogP contribution in [0, 0.1) is 0 Å². The van der Waals surface area contributed by atoms with Gasteiger partial charge in [0.1, 0.15) is 0 Å². The van der Waals surface area contributed by atoms with Gasteiger partial charge in [-0.25, -0.2) is 0 Å². The molecule has 0 unspecified atom stereocenters. The molecule has 0 spiro atoms. The molecular weight excluding hydrogens is 288 g/mol. The highest BCUT2D eigenvalue weighted by Gasteiger charge is 2.19. The van der Waals surface area contributed by atoms with E-state index in [0.29, 0.717) is 10.3 Å². The Kier molecular flexibility index (Phi) is 4.13. The predicted octanol–water partition coefficient (Wildman–Crippen LogP) is 4.58. The summed E-state index contributed by atoms with van der Waals surface area (Å²) in [5, 5.41) is 9.92. The van der Waals surface area contributed by atoms with E-state index in [1.165, 1.54) is 11.1 Å². The Morgan fingerprint density at radius 2 is 1.70 bits per heavy atom. The average Bonchev–Trinajstić information content (AvgIpc) is 2.70. The van der Waals surface area contributed by atoms with E-state index in [-0.39, 0.29) is 5.75 Å². The molecule has 0 radical (unpaired) electrons. The van der Waals surface area contributed by atoms with Crippen molar-refractivity contribution in [3.63, 3.8) is 0 Å². The number of rotatable bonds is 2. The van der Waals surface area contributed by atoms with Crippen LogP contribution in [0.25, 0.3) is 0 Å². The van der Waals surface area contributed by atoms with E-state index in [1.54, 1.807) is 7.11 Å². The van der Waals surface area contributed by atoms with Crippen molar-refractivity contribution in [2.75, 3.05) is 7.11 Å². The molecule has 0 saturated heterocycles. The Labute approximate surface area is 127 Å². The summed E-state index contributed by atoms with van der Waals surface area (Å²) in [5.41, 5.74) is 3.99. The molecule has 104 valence electrons. The van der Waals surface area contributed by atoms with Gasteiger partial charge in [0.15, 0.2) is 11.5 Å². The summed E-state index contributed by atoms with van der Waals surface area (Å²) < 4.78 is 5.45. The fourth-order valence-corrected chi connectivity index (χ4v) is 4.96. The van der Waals surface area contributed by atoms with Gasteiger partial charge in [-0.2, -0.15) is 0 Å². The summed E-state index contributed by atoms with van der Waals surface area (Å²) in [5.74, 6) is 2.77. The van der Waals surface area contributed by atoms with Crippen LogP contribution in [-0.2, 0) is 11.5 Å². The van der Waals surface area contributed by atoms with Crippen molar-refractivity contribution in [3.05, 3.63) is 59.2 Å². The summed E-state index contributed by atoms with van der Waals surface area (Å²) in [6, 6.07) is 14.3. The highest BCUT2D eigenvalue weighted by Crippen LogP contribution is 2.47. The maximum atomic E-state index is 9.92. The minimum Gasteiger partial charge on any atom is -0.504 e. The van der Waals surface area contributed by atoms with Crippen LogP contribution in [0.4, 0.5) is 0 Å². The van der Waals surface area contributed by atoms with Crippen molar-refractivity contribution in [2.45, 2.75) is 16.1 Å². The van der Waals surface area contributed by atoms with Gasteiger partial charge in [-0.3, -0.25) is 0 Å². The molecule has 0 atom stereocenters. The van der Waals surface area contributed by atoms with E-state index in [2.05, 4.69) is 24.3 Å². The fraction of sp³-hybridized carbons (Fsp3) is 0.250. The third kappa shape index (κ3) is 2.76. The second-order valence-electron chi connectivity index (χ2n) is 4.65. The second-order valence-corrected chi connectivity index (χ2v) is 7.14. The minimum absolute atomic E-state index is 0.216. The van der Waals surface area contributed by atoms with Crippen LogP contribution in [0.3, 0.4) is 0 Å². The van der Waals surface area contributed by atoms with E-state index in [9.17, 15) is 5.11 Å². The summed E-state index contributed by atoms with van der Waals surface area (Å²) in [6.45, 7) is 0. The summed E-state index contributed by atoms with van der Waals surface area (Å²) in [6.07, 6.45) is 0. The van der Waals surface area contributed by atoms with Crippen molar-refractivity contribution >= 4 is 23.5 Å². The lowest BCUT2D eigenvalue weighted by molar-refractivity contribution is 0.373. The first-order valence-corrected chi connectivity index (χ1v) is 8.54. The molecule has 0 bridgehead atoms. The van der Waals surface area contributed by atoms with E-state index in [0.717, 1.165) is 17.1 Å². The van der Waals surface area contributed by atoms with Crippen LogP contribution in [0.2, 0.25) is 0 Å². The monoisotopic (exact) mass is 304 g/mol. The van der Waals surface area contributed by atoms with Gasteiger partial charge < -0.3 is 9.84 Å². The number of methoxy groups -OCH3 is 1. The topological polar surface area (TPSA) is 29.5 Å². The smallest absolute Gasteiger partial charge is 0.160 e. The molecule has 2 nitrogen and oxygen atoms in total. The number of hydrogen-bond acceptors (Lipinski definition) is 4. The van der Waals surface area contributed by atoms with Crippen LogP contribution >= 0.6 is 23.5 Å². The van der Waals surface area contributed by atoms with E-state index in [4.69, 9.17) is 4.74 Å². The lowest BCUT2D eigenvalue weighted by Crippen LogP contribution is -1.90. The highest BCUT2D eigenvalue weighted by atomic mass is 32.2. The maximum Gasteiger partial charge on any atom is 0.160 e. The standard InChI is InChI=1S/C16H16O2S2/c1-18-15-7-6-11(8-14(15)17)16-19-9-12-4-2-3-5-13(12)10-20-16/h2-8,16-17H,9-10H2,1H3. The summed E-state index contributed by atoms with van der Waals surface area (Å²) >= 11 is 3.83. The quantitative estimate of drug-likeness (QED) is 0.879. The second kappa shape index (κ2) is 6.02. The number of fused-ring (bicyclic) bond motifs is 1. The van der Waals surface area contributed by atoms with Crippen LogP contribution in [0.5, 0.6) is 11.5 Å². The SMILES string of the molecule is COc1ccc(C2SCc3ccccc3CS2)cc1O. The number of phenolic OH excluding ortho intramolecular Hbond substituents is 1. The Bertz CT molecular complexity index is 586. The number of hydrogen-bond donors (Lipinski definition) is 1. The van der Waals surface area contributed by atoms with Crippen molar-refractivity contribution in [1.82, 2.24) is 0 Å². The molecule has 4 heteroatoms. The first kappa shape index (κ1) is 13.7. The number of thioether (sulfide) groups is 2. The fourth-order valence-electron chi connectivity index (χ4n) is 2.26. The van der Waals surface area contributed by atoms with Crippen LogP contribution < -0.4 is 4.74 Å². The van der Waals surface area contributed by atoms with Gasteiger partial charge in [-0.15, -0.1) is 23.5 Å². The molecule has 0 saturated carbocycles. The van der Waals surface area contributed by atoms with Gasteiger partial charge in [-0.05, 0) is 28.8 Å². The molecule has 1 aliphatic rings. The van der Waals surface area contributed by atoms with E-state index >= 15 is 0 Å². The average molecular weight is 304 g/mol. The van der Waals surface area contributed by atoms with Crippen molar-refractivity contribution in [3.8, 4) is 11.5 Å². The van der Waals surface area contributed by atoms with E-state index < -0.39 is 0 Å². The molecular formula is C16H16O2S2. The number of phenols is 1. The maximum absolute atomic E-state index is 9.92. The number of benzene rings is 2. The van der Waals surface area contributed by atoms with Crippen LogP contribution in [0.1, 0.15) is 21.3 Å². The molecule has 3 rings (SSSR count). The zero-order valence-electron chi connectivity index (χ0n) is 11.2. The lowest BCUT2D eigenvalue weighted by Gasteiger charge is -2.14. The van der Waals surface area contributed by atoms with Crippen molar-refractivity contribution in [2.24, 2.45) is 0 Å². The van der Waals surface area contributed by atoms with Crippen LogP contribution in [-0.4, -0.2) is 12.2 Å². The van der Waals surface area contributed by atoms with Gasteiger partial charge in [-0.1, -0.05) is 30.3 Å². The molecule has 20 heavy (non-hydrogen) atoms. The van der Waals surface area contributed by atoms with Gasteiger partial charge in [0.2, 0.25) is 0 Å². The molecule has 2 aromatic carbocycles. The number of ether oxygens (including phenoxy) is 1. The molecule has 1 heterocycles. The highest BCUT2D eigenvalue weighted by molar-refractivity contribution is 8.15. The summed E-state index contributed by atoms with van der Waals surface area (Å²) in [7, 11) is 1.57. The molecule has 1 N–H and O–H groups in total. The first-order valence-electron chi connectivity index (χ1n) is 6.45. The Hall–Kier alpha value is -1.26. The lowest BCUT2D eigenvalue weighted by atomic mass is 10.1. The zero-order chi connectivity index (χ0) is 13.9. The molecule has 2 aromatic rings. The Morgan fingerprint density at radius 1 is 1.05 bits per heavy atom. The van der Waals surface area contributed by atoms with Gasteiger partial charge in [0, 0.05) is 11.5 Å². The van der Waals surface area contributed by atoms with E-state index in [1.807, 2.05) is 41.7 Å². The molecule has 0 fully saturated rings. The minimum atomic E-state index is 0.216. The number of aromatic hydroxyl groups is 1. The Balaban J connectivity index is 1.81. The Morgan fingerprint density at radius 3 is 2.25 bits per heavy atom. The molecule has 0 amide bonds. The third-order valence-electron chi connectivity index (χ3n) is 3.37. The molecule has 0 aliphatic carbocycles. The van der Waals surface area contributed by atoms with Crippen LogP contribution in [0.15, 0.2) is 42.5 Å². The first-order chi connectivity index (χ1) is 9.78. The molecule has 0 aromatic heterocycles. The van der Waals surface area contributed by atoms with Gasteiger partial charge in [0.25, 0.3) is 0 Å².